The molecule has 2 aromatic rings. The van der Waals surface area contributed by atoms with Crippen molar-refractivity contribution >= 4 is 18.0 Å². The quantitative estimate of drug-likeness (QED) is 0.767. The van der Waals surface area contributed by atoms with E-state index in [0.717, 1.165) is 11.1 Å². The highest BCUT2D eigenvalue weighted by atomic mass is 16.5. The maximum Gasteiger partial charge on any atom is 0.326 e. The molecule has 0 radical (unpaired) electrons. The second-order valence-electron chi connectivity index (χ2n) is 5.20. The van der Waals surface area contributed by atoms with Crippen LogP contribution in [0.25, 0.3) is 6.08 Å². The van der Waals surface area contributed by atoms with Crippen LogP contribution in [0.5, 0.6) is 5.75 Å². The molecule has 124 valence electrons. The summed E-state index contributed by atoms with van der Waals surface area (Å²) >= 11 is 0. The number of carbonyl (C=O) groups is 2. The first-order valence-corrected chi connectivity index (χ1v) is 7.48. The Labute approximate surface area is 140 Å². The maximum absolute atomic E-state index is 12.0. The van der Waals surface area contributed by atoms with Gasteiger partial charge in [0.25, 0.3) is 0 Å². The average molecular weight is 325 g/mol. The number of benzene rings is 2. The molecule has 0 aromatic heterocycles. The molecule has 0 bridgehead atoms. The van der Waals surface area contributed by atoms with Crippen LogP contribution < -0.4 is 10.1 Å². The fourth-order valence-electron chi connectivity index (χ4n) is 2.19. The van der Waals surface area contributed by atoms with Gasteiger partial charge in [0.2, 0.25) is 5.91 Å². The van der Waals surface area contributed by atoms with Crippen LogP contribution in [0.15, 0.2) is 60.7 Å². The highest BCUT2D eigenvalue weighted by Crippen LogP contribution is 2.13. The van der Waals surface area contributed by atoms with Gasteiger partial charge in [-0.3, -0.25) is 4.79 Å². The third-order valence-electron chi connectivity index (χ3n) is 3.42. The minimum atomic E-state index is -1.07. The molecule has 5 nitrogen and oxygen atoms in total. The zero-order valence-electron chi connectivity index (χ0n) is 13.3. The number of amides is 1. The van der Waals surface area contributed by atoms with Crippen molar-refractivity contribution in [1.82, 2.24) is 5.32 Å². The standard InChI is InChI=1S/C19H19NO4/c1-24-16-9-5-8-15(12-16)10-11-18(21)20-17(19(22)23)13-14-6-3-2-4-7-14/h2-12,17H,13H2,1H3,(H,20,21)(H,22,23)/t17-/m0/s1. The second-order valence-corrected chi connectivity index (χ2v) is 5.20. The molecular weight excluding hydrogens is 306 g/mol. The first-order valence-electron chi connectivity index (χ1n) is 7.48. The Bertz CT molecular complexity index is 725. The molecule has 0 aliphatic carbocycles. The van der Waals surface area contributed by atoms with Crippen LogP contribution in [0.2, 0.25) is 0 Å². The lowest BCUT2D eigenvalue weighted by Gasteiger charge is -2.13. The first kappa shape index (κ1) is 17.3. The first-order chi connectivity index (χ1) is 11.6. The Kier molecular flexibility index (Phi) is 6.14. The smallest absolute Gasteiger partial charge is 0.326 e. The molecule has 1 amide bonds. The molecule has 0 aliphatic heterocycles. The lowest BCUT2D eigenvalue weighted by Crippen LogP contribution is -2.41. The van der Waals surface area contributed by atoms with Gasteiger partial charge in [0.15, 0.2) is 0 Å². The van der Waals surface area contributed by atoms with Crippen molar-refractivity contribution in [2.45, 2.75) is 12.5 Å². The van der Waals surface area contributed by atoms with Gasteiger partial charge in [0, 0.05) is 12.5 Å². The average Bonchev–Trinajstić information content (AvgIpc) is 2.60. The Morgan fingerprint density at radius 1 is 1.17 bits per heavy atom. The monoisotopic (exact) mass is 325 g/mol. The van der Waals surface area contributed by atoms with Crippen LogP contribution in [-0.4, -0.2) is 30.1 Å². The lowest BCUT2D eigenvalue weighted by molar-refractivity contribution is -0.141. The van der Waals surface area contributed by atoms with Gasteiger partial charge in [-0.05, 0) is 29.3 Å². The molecule has 0 saturated carbocycles. The number of carbonyl (C=O) groups excluding carboxylic acids is 1. The van der Waals surface area contributed by atoms with Crippen molar-refractivity contribution in [2.24, 2.45) is 0 Å². The molecule has 0 fully saturated rings. The van der Waals surface area contributed by atoms with Crippen LogP contribution >= 0.6 is 0 Å². The highest BCUT2D eigenvalue weighted by molar-refractivity contribution is 5.94. The summed E-state index contributed by atoms with van der Waals surface area (Å²) in [4.78, 5) is 23.3. The van der Waals surface area contributed by atoms with E-state index < -0.39 is 17.9 Å². The van der Waals surface area contributed by atoms with Crippen molar-refractivity contribution in [1.29, 1.82) is 0 Å². The molecule has 24 heavy (non-hydrogen) atoms. The van der Waals surface area contributed by atoms with Crippen molar-refractivity contribution in [3.63, 3.8) is 0 Å². The van der Waals surface area contributed by atoms with Crippen molar-refractivity contribution in [3.8, 4) is 5.75 Å². The topological polar surface area (TPSA) is 75.6 Å². The number of nitrogens with one attached hydrogen (secondary N) is 1. The number of ether oxygens (including phenoxy) is 1. The Morgan fingerprint density at radius 2 is 1.92 bits per heavy atom. The molecule has 5 heteroatoms. The van der Waals surface area contributed by atoms with E-state index in [1.54, 1.807) is 25.3 Å². The third kappa shape index (κ3) is 5.28. The molecular formula is C19H19NO4. The summed E-state index contributed by atoms with van der Waals surface area (Å²) in [6, 6.07) is 15.4. The zero-order chi connectivity index (χ0) is 17.4. The number of hydrogen-bond donors (Lipinski definition) is 2. The Morgan fingerprint density at radius 3 is 2.58 bits per heavy atom. The van der Waals surface area contributed by atoms with Crippen molar-refractivity contribution < 1.29 is 19.4 Å². The molecule has 0 aliphatic rings. The van der Waals surface area contributed by atoms with Gasteiger partial charge in [-0.25, -0.2) is 4.79 Å². The van der Waals surface area contributed by atoms with Gasteiger partial charge >= 0.3 is 5.97 Å². The Balaban J connectivity index is 1.99. The van der Waals surface area contributed by atoms with Gasteiger partial charge in [-0.1, -0.05) is 42.5 Å². The SMILES string of the molecule is COc1cccc(C=CC(=O)N[C@@H](Cc2ccccc2)C(=O)O)c1. The number of carboxylic acid groups (broad SMARTS) is 1. The van der Waals surface area contributed by atoms with Crippen LogP contribution in [0, 0.1) is 0 Å². The van der Waals surface area contributed by atoms with Gasteiger partial charge in [0.1, 0.15) is 11.8 Å². The minimum Gasteiger partial charge on any atom is -0.497 e. The van der Waals surface area contributed by atoms with Crippen molar-refractivity contribution in [2.75, 3.05) is 7.11 Å². The summed E-state index contributed by atoms with van der Waals surface area (Å²) in [5.41, 5.74) is 1.64. The summed E-state index contributed by atoms with van der Waals surface area (Å²) in [6.07, 6.45) is 3.16. The molecule has 1 atom stereocenters. The molecule has 0 saturated heterocycles. The molecule has 2 rings (SSSR count). The molecule has 0 unspecified atom stereocenters. The van der Waals surface area contributed by atoms with Crippen LogP contribution in [-0.2, 0) is 16.0 Å². The van der Waals surface area contributed by atoms with E-state index in [1.807, 2.05) is 42.5 Å². The van der Waals surface area contributed by atoms with Crippen LogP contribution in [0.3, 0.4) is 0 Å². The zero-order valence-corrected chi connectivity index (χ0v) is 13.3. The second kappa shape index (κ2) is 8.53. The third-order valence-corrected chi connectivity index (χ3v) is 3.42. The van der Waals surface area contributed by atoms with Crippen LogP contribution in [0.1, 0.15) is 11.1 Å². The number of carboxylic acids is 1. The molecule has 0 heterocycles. The highest BCUT2D eigenvalue weighted by Gasteiger charge is 2.19. The predicted molar refractivity (Wildman–Crippen MR) is 91.7 cm³/mol. The summed E-state index contributed by atoms with van der Waals surface area (Å²) < 4.78 is 5.11. The van der Waals surface area contributed by atoms with E-state index in [4.69, 9.17) is 4.74 Å². The largest absolute Gasteiger partial charge is 0.497 e. The number of hydrogen-bond acceptors (Lipinski definition) is 3. The summed E-state index contributed by atoms with van der Waals surface area (Å²) in [7, 11) is 1.57. The van der Waals surface area contributed by atoms with Crippen LogP contribution in [0.4, 0.5) is 0 Å². The molecule has 2 aromatic carbocycles. The van der Waals surface area contributed by atoms with Crippen molar-refractivity contribution in [3.05, 3.63) is 71.8 Å². The predicted octanol–water partition coefficient (Wildman–Crippen LogP) is 2.52. The summed E-state index contributed by atoms with van der Waals surface area (Å²) in [6.45, 7) is 0. The number of rotatable bonds is 7. The van der Waals surface area contributed by atoms with Gasteiger partial charge in [-0.15, -0.1) is 0 Å². The molecule has 0 spiro atoms. The minimum absolute atomic E-state index is 0.231. The van der Waals surface area contributed by atoms with Gasteiger partial charge < -0.3 is 15.2 Å². The van der Waals surface area contributed by atoms with E-state index in [1.165, 1.54) is 6.08 Å². The summed E-state index contributed by atoms with van der Waals surface area (Å²) in [5, 5.41) is 11.8. The number of methoxy groups -OCH3 is 1. The van der Waals surface area contributed by atoms with E-state index in [9.17, 15) is 14.7 Å². The van der Waals surface area contributed by atoms with E-state index >= 15 is 0 Å². The fourth-order valence-corrected chi connectivity index (χ4v) is 2.19. The number of aliphatic carboxylic acids is 1. The van der Waals surface area contributed by atoms with E-state index in [0.29, 0.717) is 5.75 Å². The van der Waals surface area contributed by atoms with E-state index in [2.05, 4.69) is 5.32 Å². The lowest BCUT2D eigenvalue weighted by atomic mass is 10.1. The fraction of sp³-hybridized carbons (Fsp3) is 0.158. The normalized spacial score (nSPS) is 11.9. The Hall–Kier alpha value is -3.08. The molecule has 2 N–H and O–H groups in total. The summed E-state index contributed by atoms with van der Waals surface area (Å²) in [5.74, 6) is -0.840. The van der Waals surface area contributed by atoms with Gasteiger partial charge in [-0.2, -0.15) is 0 Å². The van der Waals surface area contributed by atoms with E-state index in [-0.39, 0.29) is 6.42 Å². The maximum atomic E-state index is 12.0. The van der Waals surface area contributed by atoms with Gasteiger partial charge in [0.05, 0.1) is 7.11 Å².